The number of para-hydroxylation sites is 3. The maximum atomic E-state index is 14.2. The first-order valence-corrected chi connectivity index (χ1v) is 26.3. The van der Waals surface area contributed by atoms with Crippen molar-refractivity contribution in [3.63, 3.8) is 0 Å². The number of carbonyl (C=O) groups is 3. The van der Waals surface area contributed by atoms with E-state index in [2.05, 4.69) is 43.7 Å². The molecule has 3 atom stereocenters. The van der Waals surface area contributed by atoms with Crippen LogP contribution in [-0.2, 0) is 36.7 Å². The maximum Gasteiger partial charge on any atom is 0.355 e. The Morgan fingerprint density at radius 2 is 1.61 bits per heavy atom. The molecule has 0 spiro atoms. The van der Waals surface area contributed by atoms with Crippen LogP contribution in [0.5, 0.6) is 5.75 Å². The third kappa shape index (κ3) is 18.5. The molecule has 1 aliphatic heterocycles. The molecule has 0 saturated heterocycles. The quantitative estimate of drug-likeness (QED) is 0.0702. The first kappa shape index (κ1) is 65.2. The summed E-state index contributed by atoms with van der Waals surface area (Å²) in [4.78, 5) is 62.2. The van der Waals surface area contributed by atoms with E-state index in [0.717, 1.165) is 47.6 Å². The van der Waals surface area contributed by atoms with Gasteiger partial charge >= 0.3 is 18.2 Å². The van der Waals surface area contributed by atoms with Gasteiger partial charge in [0.25, 0.3) is 5.91 Å². The first-order chi connectivity index (χ1) is 35.7. The van der Waals surface area contributed by atoms with E-state index >= 15 is 0 Å². The Bertz CT molecular complexity index is 2790. The number of carbonyl (C=O) groups excluding carboxylic acids is 3. The summed E-state index contributed by atoms with van der Waals surface area (Å²) in [6, 6.07) is 15.3. The summed E-state index contributed by atoms with van der Waals surface area (Å²) in [6.45, 7) is 17.5. The number of methoxy groups -OCH3 is 1. The predicted molar refractivity (Wildman–Crippen MR) is 296 cm³/mol. The summed E-state index contributed by atoms with van der Waals surface area (Å²) in [7, 11) is 1.64. The second-order valence-electron chi connectivity index (χ2n) is 17.6. The standard InChI is InChI=1S/C15H14Cl2F3N3O3.C15H22ClNO2.C11H11Cl2NO2.C9H16ClN5/c1-3-26-13(24)10(17)4-8-5-12(11(18)6-9(8)16)23-15(25)22(14(19)20)7(2)21-23;1-5-13-8-6-7-11(2)15(13)17(14(18)9-16)12(3)10-19-4;1-7-6-16-9-5-3-2-4-8(9)14(7)11(15)10(12)13;1-5-11-7-12-6(10)13-8(14-7)15-9(2,3)4/h5-6,10,14H,3-4H2,1-2H3;6-8,12H,5,9-10H2,1-4H3;2-5,7,10H,6H2,1H3;5H2,1-4H3,(H2,11,12,13,14,15). The lowest BCUT2D eigenvalue weighted by atomic mass is 10.0. The summed E-state index contributed by atoms with van der Waals surface area (Å²) in [5, 5.41) is 8.83. The molecule has 0 radical (unpaired) electrons. The third-order valence-electron chi connectivity index (χ3n) is 10.5. The molecule has 2 N–H and O–H groups in total. The van der Waals surface area contributed by atoms with E-state index in [1.165, 1.54) is 6.92 Å². The van der Waals surface area contributed by atoms with Gasteiger partial charge in [0.15, 0.2) is 10.7 Å². The van der Waals surface area contributed by atoms with Crippen LogP contribution in [0.3, 0.4) is 0 Å². The number of ether oxygens (including phenoxy) is 3. The monoisotopic (exact) mass is 1180 g/mol. The fourth-order valence-electron chi connectivity index (χ4n) is 7.31. The normalized spacial score (nSPS) is 13.6. The number of aromatic nitrogens is 6. The second kappa shape index (κ2) is 30.7. The molecule has 17 nitrogen and oxygen atoms in total. The van der Waals surface area contributed by atoms with Gasteiger partial charge in [0.05, 0.1) is 36.7 Å². The van der Waals surface area contributed by atoms with Crippen LogP contribution in [0, 0.1) is 19.7 Å². The number of anilines is 4. The Kier molecular flexibility index (Phi) is 26.4. The molecule has 1 aliphatic rings. The van der Waals surface area contributed by atoms with Gasteiger partial charge in [0, 0.05) is 30.6 Å². The number of hydrogen-bond acceptors (Lipinski definition) is 13. The summed E-state index contributed by atoms with van der Waals surface area (Å²) < 4.78 is 56.2. The molecule has 0 saturated carbocycles. The third-order valence-corrected chi connectivity index (χ3v) is 12.0. The molecule has 5 aromatic rings. The smallest absolute Gasteiger partial charge is 0.355 e. The number of aryl methyl sites for hydroxylation is 3. The highest BCUT2D eigenvalue weighted by atomic mass is 35.5. The number of halogens is 9. The number of benzene rings is 3. The number of fused-ring (bicyclic) bond motifs is 1. The van der Waals surface area contributed by atoms with Crippen LogP contribution >= 0.6 is 69.6 Å². The van der Waals surface area contributed by atoms with Crippen LogP contribution in [0.15, 0.2) is 59.4 Å². The van der Waals surface area contributed by atoms with Gasteiger partial charge in [0.1, 0.15) is 35.1 Å². The van der Waals surface area contributed by atoms with E-state index in [1.54, 1.807) is 23.8 Å². The van der Waals surface area contributed by atoms with Crippen LogP contribution < -0.4 is 30.9 Å². The van der Waals surface area contributed by atoms with E-state index in [0.29, 0.717) is 35.5 Å². The van der Waals surface area contributed by atoms with Crippen molar-refractivity contribution in [1.82, 2.24) is 29.3 Å². The zero-order valence-corrected chi connectivity index (χ0v) is 48.4. The molecule has 2 amide bonds. The lowest BCUT2D eigenvalue weighted by Crippen LogP contribution is -2.47. The van der Waals surface area contributed by atoms with Crippen molar-refractivity contribution < 1.29 is 41.8 Å². The molecular formula is C50H63Cl6F3N10O7. The molecule has 0 aliphatic carbocycles. The van der Waals surface area contributed by atoms with Crippen molar-refractivity contribution in [2.45, 2.75) is 116 Å². The zero-order valence-electron chi connectivity index (χ0n) is 43.9. The van der Waals surface area contributed by atoms with Crippen LogP contribution in [0.25, 0.3) is 5.69 Å². The second-order valence-corrected chi connectivity index (χ2v) is 20.3. The van der Waals surface area contributed by atoms with Gasteiger partial charge in [-0.1, -0.05) is 72.1 Å². The number of hydrogen-bond donors (Lipinski definition) is 2. The van der Waals surface area contributed by atoms with Gasteiger partial charge < -0.3 is 34.6 Å². The Labute approximate surface area is 470 Å². The van der Waals surface area contributed by atoms with Gasteiger partial charge in [-0.3, -0.25) is 14.4 Å². The van der Waals surface area contributed by atoms with Gasteiger partial charge in [0.2, 0.25) is 23.1 Å². The minimum atomic E-state index is -3.12. The number of nitrogens with one attached hydrogen (secondary N) is 2. The van der Waals surface area contributed by atoms with E-state index in [1.807, 2.05) is 84.9 Å². The predicted octanol–water partition coefficient (Wildman–Crippen LogP) is 11.2. The van der Waals surface area contributed by atoms with Crippen molar-refractivity contribution in [2.24, 2.45) is 0 Å². The van der Waals surface area contributed by atoms with Gasteiger partial charge in [-0.25, -0.2) is 13.8 Å². The average molecular weight is 1190 g/mol. The summed E-state index contributed by atoms with van der Waals surface area (Å²) in [6.07, 6.45) is 0.762. The molecule has 76 heavy (non-hydrogen) atoms. The number of esters is 1. The molecule has 0 bridgehead atoms. The van der Waals surface area contributed by atoms with Gasteiger partial charge in [-0.05, 0) is 121 Å². The number of alkyl halides is 6. The molecule has 26 heteroatoms. The van der Waals surface area contributed by atoms with E-state index < -0.39 is 34.2 Å². The lowest BCUT2D eigenvalue weighted by molar-refractivity contribution is -0.142. The summed E-state index contributed by atoms with van der Waals surface area (Å²) in [5.41, 5.74) is 2.46. The Morgan fingerprint density at radius 3 is 2.17 bits per heavy atom. The molecule has 2 aromatic heterocycles. The highest BCUT2D eigenvalue weighted by Gasteiger charge is 2.32. The van der Waals surface area contributed by atoms with Crippen molar-refractivity contribution in [3.8, 4) is 11.4 Å². The molecule has 418 valence electrons. The molecule has 3 aromatic carbocycles. The lowest BCUT2D eigenvalue weighted by Gasteiger charge is -2.35. The zero-order chi connectivity index (χ0) is 57.2. The first-order valence-electron chi connectivity index (χ1n) is 23.7. The Balaban J connectivity index is 0.000000274. The molecule has 3 unspecified atom stereocenters. The van der Waals surface area contributed by atoms with Crippen LogP contribution in [0.1, 0.15) is 84.5 Å². The number of amides is 2. The van der Waals surface area contributed by atoms with Gasteiger partial charge in [-0.2, -0.15) is 28.4 Å². The highest BCUT2D eigenvalue weighted by Crippen LogP contribution is 2.35. The molecule has 6 rings (SSSR count). The highest BCUT2D eigenvalue weighted by molar-refractivity contribution is 6.54. The van der Waals surface area contributed by atoms with Crippen LogP contribution in [0.2, 0.25) is 10.3 Å². The minimum Gasteiger partial charge on any atom is -0.489 e. The summed E-state index contributed by atoms with van der Waals surface area (Å²) in [5.74, 6) is -0.686. The Morgan fingerprint density at radius 1 is 0.947 bits per heavy atom. The van der Waals surface area contributed by atoms with Crippen LogP contribution in [-0.4, -0.2) is 114 Å². The average Bonchev–Trinajstić information content (AvgIpc) is 3.65. The van der Waals surface area contributed by atoms with Crippen molar-refractivity contribution in [3.05, 3.63) is 104 Å². The SMILES string of the molecule is CC1COc2ccccc2N1C(=O)C(Cl)Cl.CCNc1nc(Cl)nc(NC(C)(C)C)n1.CCOC(=O)C(Cl)Cc1cc(-n2nc(C)n(C(F)F)c2=O)c(F)cc1Cl.CCc1cccc(C)c1N(C(=O)CCl)C(C)COC. The van der Waals surface area contributed by atoms with E-state index in [9.17, 15) is 32.3 Å². The van der Waals surface area contributed by atoms with Crippen molar-refractivity contribution in [2.75, 3.05) is 59.8 Å². The van der Waals surface area contributed by atoms with Crippen molar-refractivity contribution in [1.29, 1.82) is 0 Å². The topological polar surface area (TPSA) is 188 Å². The molecular weight excluding hydrogens is 1120 g/mol. The summed E-state index contributed by atoms with van der Waals surface area (Å²) >= 11 is 34.7. The molecule has 0 fully saturated rings. The van der Waals surface area contributed by atoms with Gasteiger partial charge in [-0.15, -0.1) is 28.3 Å². The largest absolute Gasteiger partial charge is 0.489 e. The fraction of sp³-hybridized carbons (Fsp3) is 0.480. The fourth-order valence-corrected chi connectivity index (χ4v) is 8.26. The number of rotatable bonds is 16. The van der Waals surface area contributed by atoms with E-state index in [4.69, 9.17) is 83.8 Å². The number of nitrogens with zero attached hydrogens (tertiary/aromatic N) is 8. The van der Waals surface area contributed by atoms with Crippen molar-refractivity contribution >= 4 is 111 Å². The molecule has 3 heterocycles. The van der Waals surface area contributed by atoms with E-state index in [-0.39, 0.29) is 80.3 Å². The van der Waals surface area contributed by atoms with Crippen LogP contribution in [0.4, 0.5) is 36.4 Å². The minimum absolute atomic E-state index is 0.0223. The maximum absolute atomic E-state index is 14.2. The Hall–Kier alpha value is -5.09.